The van der Waals surface area contributed by atoms with E-state index >= 15 is 0 Å². The van der Waals surface area contributed by atoms with E-state index in [2.05, 4.69) is 11.8 Å². The second-order valence-corrected chi connectivity index (χ2v) is 1.97. The summed E-state index contributed by atoms with van der Waals surface area (Å²) in [6.07, 6.45) is 1.98. The van der Waals surface area contributed by atoms with Crippen LogP contribution in [0.2, 0.25) is 0 Å². The predicted octanol–water partition coefficient (Wildman–Crippen LogP) is -0.145. The standard InChI is InChI=1S/C6H8O2/c7-6(8)4-2-1-3-5-6/h7-8H,1-2,4H2. The Morgan fingerprint density at radius 1 is 1.38 bits per heavy atom. The highest BCUT2D eigenvalue weighted by Gasteiger charge is 2.20. The van der Waals surface area contributed by atoms with Gasteiger partial charge in [0.15, 0.2) is 0 Å². The number of hydrogen-bond donors (Lipinski definition) is 2. The molecule has 0 spiro atoms. The highest BCUT2D eigenvalue weighted by molar-refractivity contribution is 5.11. The molecule has 8 heavy (non-hydrogen) atoms. The minimum absolute atomic E-state index is 0.389. The average molecular weight is 112 g/mol. The monoisotopic (exact) mass is 112 g/mol. The van der Waals surface area contributed by atoms with Crippen LogP contribution in [-0.2, 0) is 0 Å². The first-order valence-electron chi connectivity index (χ1n) is 2.65. The Morgan fingerprint density at radius 3 is 2.38 bits per heavy atom. The van der Waals surface area contributed by atoms with Crippen molar-refractivity contribution >= 4 is 0 Å². The third kappa shape index (κ3) is 1.22. The molecule has 0 bridgehead atoms. The van der Waals surface area contributed by atoms with Crippen LogP contribution in [-0.4, -0.2) is 16.0 Å². The van der Waals surface area contributed by atoms with Gasteiger partial charge in [-0.2, -0.15) is 0 Å². The predicted molar refractivity (Wildman–Crippen MR) is 28.8 cm³/mol. The van der Waals surface area contributed by atoms with Crippen molar-refractivity contribution in [3.8, 4) is 11.8 Å². The molecule has 0 atom stereocenters. The maximum atomic E-state index is 8.76. The van der Waals surface area contributed by atoms with Gasteiger partial charge >= 0.3 is 0 Å². The lowest BCUT2D eigenvalue weighted by molar-refractivity contribution is -0.116. The summed E-state index contributed by atoms with van der Waals surface area (Å²) in [5.74, 6) is 3.26. The quantitative estimate of drug-likeness (QED) is 0.338. The van der Waals surface area contributed by atoms with Gasteiger partial charge in [-0.25, -0.2) is 0 Å². The summed E-state index contributed by atoms with van der Waals surface area (Å²) < 4.78 is 0. The van der Waals surface area contributed by atoms with Crippen LogP contribution in [0.15, 0.2) is 0 Å². The molecular formula is C6H8O2. The molecule has 0 saturated carbocycles. The molecular weight excluding hydrogens is 104 g/mol. The first kappa shape index (κ1) is 5.61. The van der Waals surface area contributed by atoms with E-state index < -0.39 is 5.79 Å². The topological polar surface area (TPSA) is 40.5 Å². The zero-order valence-electron chi connectivity index (χ0n) is 4.52. The van der Waals surface area contributed by atoms with E-state index in [4.69, 9.17) is 10.2 Å². The normalized spacial score (nSPS) is 23.8. The number of hydrogen-bond acceptors (Lipinski definition) is 2. The summed E-state index contributed by atoms with van der Waals surface area (Å²) in [6, 6.07) is 0. The Labute approximate surface area is 48.1 Å². The van der Waals surface area contributed by atoms with Crippen LogP contribution in [0.25, 0.3) is 0 Å². The Hall–Kier alpha value is -0.520. The molecule has 0 aromatic heterocycles. The molecule has 2 heteroatoms. The molecule has 0 heterocycles. The lowest BCUT2D eigenvalue weighted by Gasteiger charge is -2.15. The van der Waals surface area contributed by atoms with Crippen molar-refractivity contribution in [2.75, 3.05) is 0 Å². The molecule has 1 aliphatic rings. The maximum absolute atomic E-state index is 8.76. The maximum Gasteiger partial charge on any atom is 0.228 e. The van der Waals surface area contributed by atoms with E-state index in [1.807, 2.05) is 0 Å². The van der Waals surface area contributed by atoms with Gasteiger partial charge in [0.2, 0.25) is 5.79 Å². The van der Waals surface area contributed by atoms with Gasteiger partial charge in [-0.3, -0.25) is 0 Å². The van der Waals surface area contributed by atoms with Crippen molar-refractivity contribution in [3.63, 3.8) is 0 Å². The van der Waals surface area contributed by atoms with Crippen molar-refractivity contribution < 1.29 is 10.2 Å². The smallest absolute Gasteiger partial charge is 0.228 e. The lowest BCUT2D eigenvalue weighted by Crippen LogP contribution is -2.26. The SMILES string of the molecule is OC1(O)C#CCCC1. The van der Waals surface area contributed by atoms with Gasteiger partial charge in [0, 0.05) is 12.8 Å². The van der Waals surface area contributed by atoms with E-state index in [0.29, 0.717) is 6.42 Å². The highest BCUT2D eigenvalue weighted by Crippen LogP contribution is 2.12. The zero-order valence-corrected chi connectivity index (χ0v) is 4.52. The zero-order chi connectivity index (χ0) is 6.04. The van der Waals surface area contributed by atoms with Gasteiger partial charge < -0.3 is 10.2 Å². The van der Waals surface area contributed by atoms with Crippen LogP contribution < -0.4 is 0 Å². The summed E-state index contributed by atoms with van der Waals surface area (Å²) in [7, 11) is 0. The van der Waals surface area contributed by atoms with Crippen LogP contribution in [0.3, 0.4) is 0 Å². The second-order valence-electron chi connectivity index (χ2n) is 1.97. The molecule has 0 radical (unpaired) electrons. The van der Waals surface area contributed by atoms with Crippen LogP contribution >= 0.6 is 0 Å². The Morgan fingerprint density at radius 2 is 2.12 bits per heavy atom. The van der Waals surface area contributed by atoms with E-state index in [0.717, 1.165) is 12.8 Å². The van der Waals surface area contributed by atoms with Crippen LogP contribution in [0, 0.1) is 11.8 Å². The fourth-order valence-corrected chi connectivity index (χ4v) is 0.690. The first-order valence-corrected chi connectivity index (χ1v) is 2.65. The molecule has 0 amide bonds. The first-order chi connectivity index (χ1) is 3.71. The van der Waals surface area contributed by atoms with Crippen LogP contribution in [0.4, 0.5) is 0 Å². The fraction of sp³-hybridized carbons (Fsp3) is 0.667. The summed E-state index contributed by atoms with van der Waals surface area (Å²) in [6.45, 7) is 0. The average Bonchev–Trinajstić information content (AvgIpc) is 1.65. The molecule has 0 aromatic carbocycles. The third-order valence-corrected chi connectivity index (χ3v) is 1.12. The molecule has 2 N–H and O–H groups in total. The van der Waals surface area contributed by atoms with Gasteiger partial charge in [-0.15, -0.1) is 0 Å². The minimum Gasteiger partial charge on any atom is -0.356 e. The summed E-state index contributed by atoms with van der Waals surface area (Å²) >= 11 is 0. The van der Waals surface area contributed by atoms with Crippen molar-refractivity contribution in [2.45, 2.75) is 25.0 Å². The Kier molecular flexibility index (Phi) is 1.24. The van der Waals surface area contributed by atoms with E-state index in [1.54, 1.807) is 0 Å². The molecule has 44 valence electrons. The molecule has 0 unspecified atom stereocenters. The number of rotatable bonds is 0. The third-order valence-electron chi connectivity index (χ3n) is 1.12. The summed E-state index contributed by atoms with van der Waals surface area (Å²) in [4.78, 5) is 0. The molecule has 2 nitrogen and oxygen atoms in total. The van der Waals surface area contributed by atoms with Crippen LogP contribution in [0.1, 0.15) is 19.3 Å². The lowest BCUT2D eigenvalue weighted by atomic mass is 10.1. The van der Waals surface area contributed by atoms with Crippen molar-refractivity contribution in [2.24, 2.45) is 0 Å². The van der Waals surface area contributed by atoms with Crippen molar-refractivity contribution in [1.29, 1.82) is 0 Å². The van der Waals surface area contributed by atoms with Crippen molar-refractivity contribution in [3.05, 3.63) is 0 Å². The molecule has 1 rings (SSSR count). The number of aliphatic hydroxyl groups is 2. The minimum atomic E-state index is -1.68. The molecule has 0 aromatic rings. The largest absolute Gasteiger partial charge is 0.356 e. The molecule has 0 aliphatic heterocycles. The van der Waals surface area contributed by atoms with Crippen molar-refractivity contribution in [1.82, 2.24) is 0 Å². The van der Waals surface area contributed by atoms with Gasteiger partial charge in [0.05, 0.1) is 0 Å². The van der Waals surface area contributed by atoms with Gasteiger partial charge in [-0.05, 0) is 12.3 Å². The van der Waals surface area contributed by atoms with Crippen LogP contribution in [0.5, 0.6) is 0 Å². The summed E-state index contributed by atoms with van der Waals surface area (Å²) in [5.41, 5.74) is 0. The Bertz CT molecular complexity index is 138. The molecule has 0 fully saturated rings. The Balaban J connectivity index is 2.65. The highest BCUT2D eigenvalue weighted by atomic mass is 16.5. The van der Waals surface area contributed by atoms with Gasteiger partial charge in [-0.1, -0.05) is 5.92 Å². The van der Waals surface area contributed by atoms with E-state index in [1.165, 1.54) is 0 Å². The molecule has 1 aliphatic carbocycles. The van der Waals surface area contributed by atoms with Gasteiger partial charge in [0.25, 0.3) is 0 Å². The van der Waals surface area contributed by atoms with E-state index in [-0.39, 0.29) is 0 Å². The second kappa shape index (κ2) is 1.77. The summed E-state index contributed by atoms with van der Waals surface area (Å²) in [5, 5.41) is 17.5. The van der Waals surface area contributed by atoms with E-state index in [9.17, 15) is 0 Å². The molecule has 0 saturated heterocycles. The van der Waals surface area contributed by atoms with Gasteiger partial charge in [0.1, 0.15) is 0 Å². The fourth-order valence-electron chi connectivity index (χ4n) is 0.690.